The van der Waals surface area contributed by atoms with Crippen molar-refractivity contribution >= 4 is 5.78 Å². The molecule has 0 radical (unpaired) electrons. The van der Waals surface area contributed by atoms with Crippen molar-refractivity contribution in [3.63, 3.8) is 0 Å². The van der Waals surface area contributed by atoms with Gasteiger partial charge in [-0.2, -0.15) is 4.98 Å². The molecule has 2 aliphatic rings. The lowest BCUT2D eigenvalue weighted by Gasteiger charge is -2.32. The molecule has 4 rings (SSSR count). The van der Waals surface area contributed by atoms with Gasteiger partial charge in [-0.3, -0.25) is 9.78 Å². The molecule has 2 bridgehead atoms. The third kappa shape index (κ3) is 1.46. The zero-order chi connectivity index (χ0) is 14.7. The normalized spacial score (nSPS) is 30.0. The second-order valence-corrected chi connectivity index (χ2v) is 6.63. The average molecular weight is 283 g/mol. The second kappa shape index (κ2) is 4.00. The van der Waals surface area contributed by atoms with E-state index in [0.29, 0.717) is 29.7 Å². The molecule has 2 aromatic heterocycles. The molecule has 2 atom stereocenters. The van der Waals surface area contributed by atoms with E-state index < -0.39 is 5.41 Å². The van der Waals surface area contributed by atoms with Crippen molar-refractivity contribution in [2.45, 2.75) is 38.5 Å². The smallest absolute Gasteiger partial charge is 0.241 e. The molecular formula is C16H17N3O2. The van der Waals surface area contributed by atoms with E-state index in [1.54, 1.807) is 6.20 Å². The van der Waals surface area contributed by atoms with Crippen LogP contribution in [0.5, 0.6) is 0 Å². The molecule has 5 nitrogen and oxygen atoms in total. The lowest BCUT2D eigenvalue weighted by atomic mass is 9.69. The summed E-state index contributed by atoms with van der Waals surface area (Å²) in [5.74, 6) is 1.60. The van der Waals surface area contributed by atoms with E-state index in [2.05, 4.69) is 29.0 Å². The molecule has 0 unspecified atom stereocenters. The van der Waals surface area contributed by atoms with Crippen LogP contribution in [0.4, 0.5) is 0 Å². The summed E-state index contributed by atoms with van der Waals surface area (Å²) in [6.45, 7) is 4.31. The topological polar surface area (TPSA) is 68.9 Å². The standard InChI is InChI=1S/C16H17N3O2/c1-15(2)10-6-7-16(15,12(20)9-10)14-18-13(19-21-14)11-5-3-4-8-17-11/h3-5,8,10H,6-7,9H2,1-2H3/t10-,16+/m1/s1. The molecule has 2 heterocycles. The Morgan fingerprint density at radius 3 is 2.81 bits per heavy atom. The third-order valence-corrected chi connectivity index (χ3v) is 5.58. The summed E-state index contributed by atoms with van der Waals surface area (Å²) in [6.07, 6.45) is 4.20. The molecule has 0 amide bonds. The van der Waals surface area contributed by atoms with E-state index in [9.17, 15) is 4.79 Å². The Labute approximate surface area is 122 Å². The van der Waals surface area contributed by atoms with Crippen LogP contribution >= 0.6 is 0 Å². The van der Waals surface area contributed by atoms with E-state index in [1.807, 2.05) is 18.2 Å². The van der Waals surface area contributed by atoms with Gasteiger partial charge in [-0.1, -0.05) is 25.1 Å². The van der Waals surface area contributed by atoms with Gasteiger partial charge < -0.3 is 4.52 Å². The minimum atomic E-state index is -0.600. The predicted molar refractivity (Wildman–Crippen MR) is 75.3 cm³/mol. The Bertz CT molecular complexity index is 707. The molecular weight excluding hydrogens is 266 g/mol. The first-order valence-corrected chi connectivity index (χ1v) is 7.34. The number of hydrogen-bond acceptors (Lipinski definition) is 5. The van der Waals surface area contributed by atoms with Gasteiger partial charge >= 0.3 is 0 Å². The predicted octanol–water partition coefficient (Wildman–Crippen LogP) is 2.78. The fraction of sp³-hybridized carbons (Fsp3) is 0.500. The van der Waals surface area contributed by atoms with Gasteiger partial charge in [-0.15, -0.1) is 0 Å². The van der Waals surface area contributed by atoms with E-state index in [4.69, 9.17) is 4.52 Å². The molecule has 2 fully saturated rings. The van der Waals surface area contributed by atoms with Crippen molar-refractivity contribution in [1.82, 2.24) is 15.1 Å². The molecule has 21 heavy (non-hydrogen) atoms. The summed E-state index contributed by atoms with van der Waals surface area (Å²) in [6, 6.07) is 5.56. The Hall–Kier alpha value is -2.04. The third-order valence-electron chi connectivity index (χ3n) is 5.58. The number of aromatic nitrogens is 3. The van der Waals surface area contributed by atoms with Gasteiger partial charge in [-0.05, 0) is 36.3 Å². The first kappa shape index (κ1) is 12.7. The van der Waals surface area contributed by atoms with Crippen molar-refractivity contribution in [1.29, 1.82) is 0 Å². The highest BCUT2D eigenvalue weighted by Crippen LogP contribution is 2.64. The number of carbonyl (C=O) groups is 1. The quantitative estimate of drug-likeness (QED) is 0.847. The maximum absolute atomic E-state index is 12.6. The summed E-state index contributed by atoms with van der Waals surface area (Å²) in [5.41, 5.74) is -0.0444. The summed E-state index contributed by atoms with van der Waals surface area (Å²) < 4.78 is 5.51. The number of hydrogen-bond donors (Lipinski definition) is 0. The summed E-state index contributed by atoms with van der Waals surface area (Å²) >= 11 is 0. The summed E-state index contributed by atoms with van der Waals surface area (Å²) in [4.78, 5) is 21.3. The largest absolute Gasteiger partial charge is 0.338 e. The Kier molecular flexibility index (Phi) is 2.41. The molecule has 0 spiro atoms. The fourth-order valence-electron chi connectivity index (χ4n) is 4.17. The van der Waals surface area contributed by atoms with Crippen LogP contribution in [0.2, 0.25) is 0 Å². The lowest BCUT2D eigenvalue weighted by Crippen LogP contribution is -2.40. The number of rotatable bonds is 2. The molecule has 2 saturated carbocycles. The Morgan fingerprint density at radius 2 is 2.19 bits per heavy atom. The monoisotopic (exact) mass is 283 g/mol. The lowest BCUT2D eigenvalue weighted by molar-refractivity contribution is -0.125. The molecule has 0 saturated heterocycles. The van der Waals surface area contributed by atoms with Crippen molar-refractivity contribution in [3.8, 4) is 11.5 Å². The van der Waals surface area contributed by atoms with Gasteiger partial charge in [-0.25, -0.2) is 0 Å². The van der Waals surface area contributed by atoms with Crippen LogP contribution in [-0.2, 0) is 10.2 Å². The SMILES string of the molecule is CC1(C)[C@@H]2CC[C@@]1(c1nc(-c3ccccn3)no1)C(=O)C2. The van der Waals surface area contributed by atoms with Crippen molar-refractivity contribution in [3.05, 3.63) is 30.3 Å². The first-order valence-electron chi connectivity index (χ1n) is 7.34. The van der Waals surface area contributed by atoms with Crippen LogP contribution in [0.15, 0.2) is 28.9 Å². The number of pyridine rings is 1. The minimum absolute atomic E-state index is 0.113. The molecule has 2 aromatic rings. The van der Waals surface area contributed by atoms with Gasteiger partial charge in [0, 0.05) is 12.6 Å². The number of nitrogens with zero attached hydrogens (tertiary/aromatic N) is 3. The zero-order valence-electron chi connectivity index (χ0n) is 12.2. The maximum atomic E-state index is 12.6. The van der Waals surface area contributed by atoms with Crippen LogP contribution in [-0.4, -0.2) is 20.9 Å². The second-order valence-electron chi connectivity index (χ2n) is 6.63. The number of fused-ring (bicyclic) bond motifs is 2. The molecule has 5 heteroatoms. The van der Waals surface area contributed by atoms with Crippen molar-refractivity contribution < 1.29 is 9.32 Å². The van der Waals surface area contributed by atoms with Gasteiger partial charge in [0.1, 0.15) is 16.9 Å². The molecule has 108 valence electrons. The molecule has 0 N–H and O–H groups in total. The average Bonchev–Trinajstić information content (AvgIpc) is 3.11. The van der Waals surface area contributed by atoms with E-state index in [0.717, 1.165) is 12.8 Å². The number of carbonyl (C=O) groups excluding carboxylic acids is 1. The van der Waals surface area contributed by atoms with Crippen LogP contribution < -0.4 is 0 Å². The number of Topliss-reactive ketones (excluding diaryl/α,β-unsaturated/α-hetero) is 1. The van der Waals surface area contributed by atoms with Gasteiger partial charge in [0.05, 0.1) is 0 Å². The number of ketones is 1. The Morgan fingerprint density at radius 1 is 1.33 bits per heavy atom. The maximum Gasteiger partial charge on any atom is 0.241 e. The highest BCUT2D eigenvalue weighted by Gasteiger charge is 2.67. The van der Waals surface area contributed by atoms with Crippen LogP contribution in [0.1, 0.15) is 39.0 Å². The van der Waals surface area contributed by atoms with Crippen molar-refractivity contribution in [2.75, 3.05) is 0 Å². The Balaban J connectivity index is 1.81. The van der Waals surface area contributed by atoms with E-state index in [-0.39, 0.29) is 11.2 Å². The highest BCUT2D eigenvalue weighted by molar-refractivity contribution is 5.94. The van der Waals surface area contributed by atoms with Gasteiger partial charge in [0.25, 0.3) is 0 Å². The summed E-state index contributed by atoms with van der Waals surface area (Å²) in [5, 5.41) is 4.04. The van der Waals surface area contributed by atoms with Crippen molar-refractivity contribution in [2.24, 2.45) is 11.3 Å². The van der Waals surface area contributed by atoms with Gasteiger partial charge in [0.15, 0.2) is 0 Å². The van der Waals surface area contributed by atoms with Crippen LogP contribution in [0.3, 0.4) is 0 Å². The first-order chi connectivity index (χ1) is 10.1. The minimum Gasteiger partial charge on any atom is -0.338 e. The zero-order valence-corrected chi connectivity index (χ0v) is 12.2. The van der Waals surface area contributed by atoms with Crippen LogP contribution in [0.25, 0.3) is 11.5 Å². The van der Waals surface area contributed by atoms with Gasteiger partial charge in [0.2, 0.25) is 11.7 Å². The molecule has 0 aromatic carbocycles. The van der Waals surface area contributed by atoms with E-state index in [1.165, 1.54) is 0 Å². The summed E-state index contributed by atoms with van der Waals surface area (Å²) in [7, 11) is 0. The van der Waals surface area contributed by atoms with E-state index >= 15 is 0 Å². The molecule has 2 aliphatic carbocycles. The van der Waals surface area contributed by atoms with Crippen LogP contribution in [0, 0.1) is 11.3 Å². The fourth-order valence-corrected chi connectivity index (χ4v) is 4.17. The highest BCUT2D eigenvalue weighted by atomic mass is 16.5. The molecule has 0 aliphatic heterocycles.